The van der Waals surface area contributed by atoms with Crippen molar-refractivity contribution in [1.29, 1.82) is 0 Å². The number of hydrogen-bond donors (Lipinski definition) is 1. The first-order chi connectivity index (χ1) is 10.0. The van der Waals surface area contributed by atoms with Gasteiger partial charge in [0, 0.05) is 0 Å². The molecular formula is C16H22F3NO. The highest BCUT2D eigenvalue weighted by atomic mass is 19.4. The van der Waals surface area contributed by atoms with Crippen LogP contribution < -0.4 is 5.73 Å². The molecule has 1 aliphatic carbocycles. The van der Waals surface area contributed by atoms with Gasteiger partial charge in [-0.1, -0.05) is 25.0 Å². The second-order valence-electron chi connectivity index (χ2n) is 5.75. The standard InChI is InChI=1S/C16H22F3NO/c17-16(18,19)15-7-5-12(6-8-15)10-21-11-14-4-2-1-3-13(14)9-20/h5-8,13-14H,1-4,9-11,20H2. The average Bonchev–Trinajstić information content (AvgIpc) is 2.47. The minimum Gasteiger partial charge on any atom is -0.376 e. The molecule has 21 heavy (non-hydrogen) atoms. The molecule has 5 heteroatoms. The first-order valence-corrected chi connectivity index (χ1v) is 7.44. The van der Waals surface area contributed by atoms with Crippen molar-refractivity contribution in [2.24, 2.45) is 17.6 Å². The normalized spacial score (nSPS) is 23.2. The second kappa shape index (κ2) is 7.27. The average molecular weight is 301 g/mol. The summed E-state index contributed by atoms with van der Waals surface area (Å²) < 4.78 is 43.0. The molecule has 2 N–H and O–H groups in total. The summed E-state index contributed by atoms with van der Waals surface area (Å²) in [7, 11) is 0. The summed E-state index contributed by atoms with van der Waals surface area (Å²) in [6.07, 6.45) is 0.456. The molecule has 1 saturated carbocycles. The molecule has 2 nitrogen and oxygen atoms in total. The highest BCUT2D eigenvalue weighted by Crippen LogP contribution is 2.30. The van der Waals surface area contributed by atoms with Gasteiger partial charge in [0.2, 0.25) is 0 Å². The first-order valence-electron chi connectivity index (χ1n) is 7.44. The fourth-order valence-electron chi connectivity index (χ4n) is 2.93. The van der Waals surface area contributed by atoms with Gasteiger partial charge in [0.1, 0.15) is 0 Å². The Hall–Kier alpha value is -1.07. The van der Waals surface area contributed by atoms with Gasteiger partial charge in [-0.05, 0) is 48.9 Å². The van der Waals surface area contributed by atoms with E-state index in [2.05, 4.69) is 0 Å². The van der Waals surface area contributed by atoms with Crippen molar-refractivity contribution in [2.75, 3.05) is 13.2 Å². The van der Waals surface area contributed by atoms with Gasteiger partial charge in [0.25, 0.3) is 0 Å². The van der Waals surface area contributed by atoms with Crippen molar-refractivity contribution in [3.63, 3.8) is 0 Å². The summed E-state index contributed by atoms with van der Waals surface area (Å²) in [5.74, 6) is 1.00. The molecule has 0 aliphatic heterocycles. The Morgan fingerprint density at radius 3 is 2.24 bits per heavy atom. The van der Waals surface area contributed by atoms with Gasteiger partial charge in [-0.2, -0.15) is 13.2 Å². The fourth-order valence-corrected chi connectivity index (χ4v) is 2.93. The summed E-state index contributed by atoms with van der Waals surface area (Å²) in [5, 5.41) is 0. The van der Waals surface area contributed by atoms with Gasteiger partial charge in [-0.3, -0.25) is 0 Å². The van der Waals surface area contributed by atoms with Crippen LogP contribution in [0.3, 0.4) is 0 Å². The van der Waals surface area contributed by atoms with Crippen molar-refractivity contribution in [3.8, 4) is 0 Å². The number of alkyl halides is 3. The Kier molecular flexibility index (Phi) is 5.65. The highest BCUT2D eigenvalue weighted by Gasteiger charge is 2.30. The van der Waals surface area contributed by atoms with Crippen molar-refractivity contribution >= 4 is 0 Å². The molecule has 1 fully saturated rings. The monoisotopic (exact) mass is 301 g/mol. The third-order valence-electron chi connectivity index (χ3n) is 4.25. The maximum absolute atomic E-state index is 12.5. The lowest BCUT2D eigenvalue weighted by Crippen LogP contribution is -2.29. The van der Waals surface area contributed by atoms with E-state index < -0.39 is 11.7 Å². The van der Waals surface area contributed by atoms with Crippen LogP contribution in [0.1, 0.15) is 36.8 Å². The summed E-state index contributed by atoms with van der Waals surface area (Å²) >= 11 is 0. The second-order valence-corrected chi connectivity index (χ2v) is 5.75. The number of nitrogens with two attached hydrogens (primary N) is 1. The van der Waals surface area contributed by atoms with Gasteiger partial charge >= 0.3 is 6.18 Å². The number of rotatable bonds is 5. The predicted octanol–water partition coefficient (Wildman–Crippen LogP) is 3.99. The van der Waals surface area contributed by atoms with Crippen LogP contribution in [0.25, 0.3) is 0 Å². The van der Waals surface area contributed by atoms with E-state index in [0.29, 0.717) is 31.6 Å². The molecule has 0 spiro atoms. The molecule has 2 rings (SSSR count). The predicted molar refractivity (Wildman–Crippen MR) is 75.6 cm³/mol. The molecule has 2 unspecified atom stereocenters. The molecular weight excluding hydrogens is 279 g/mol. The Morgan fingerprint density at radius 1 is 1.05 bits per heavy atom. The van der Waals surface area contributed by atoms with Crippen LogP contribution >= 0.6 is 0 Å². The van der Waals surface area contributed by atoms with E-state index in [1.165, 1.54) is 25.0 Å². The largest absolute Gasteiger partial charge is 0.416 e. The fraction of sp³-hybridized carbons (Fsp3) is 0.625. The van der Waals surface area contributed by atoms with E-state index in [-0.39, 0.29) is 0 Å². The van der Waals surface area contributed by atoms with Crippen LogP contribution in [0.15, 0.2) is 24.3 Å². The summed E-state index contributed by atoms with van der Waals surface area (Å²) in [6.45, 7) is 1.68. The minimum absolute atomic E-state index is 0.353. The molecule has 0 radical (unpaired) electrons. The molecule has 0 aromatic heterocycles. The maximum atomic E-state index is 12.5. The van der Waals surface area contributed by atoms with Crippen LogP contribution in [0.4, 0.5) is 13.2 Å². The molecule has 1 aliphatic rings. The van der Waals surface area contributed by atoms with Gasteiger partial charge in [0.05, 0.1) is 18.8 Å². The molecule has 2 atom stereocenters. The number of ether oxygens (including phenoxy) is 1. The van der Waals surface area contributed by atoms with Crippen molar-refractivity contribution in [1.82, 2.24) is 0 Å². The van der Waals surface area contributed by atoms with E-state index in [1.54, 1.807) is 0 Å². The summed E-state index contributed by atoms with van der Waals surface area (Å²) in [6, 6.07) is 5.15. The number of hydrogen-bond acceptors (Lipinski definition) is 2. The topological polar surface area (TPSA) is 35.2 Å². The van der Waals surface area contributed by atoms with Crippen molar-refractivity contribution in [2.45, 2.75) is 38.5 Å². The van der Waals surface area contributed by atoms with Crippen molar-refractivity contribution < 1.29 is 17.9 Å². The van der Waals surface area contributed by atoms with Gasteiger partial charge in [-0.15, -0.1) is 0 Å². The highest BCUT2D eigenvalue weighted by molar-refractivity contribution is 5.24. The van der Waals surface area contributed by atoms with E-state index in [1.807, 2.05) is 0 Å². The number of halogens is 3. The van der Waals surface area contributed by atoms with E-state index >= 15 is 0 Å². The van der Waals surface area contributed by atoms with Crippen LogP contribution in [-0.4, -0.2) is 13.2 Å². The molecule has 0 heterocycles. The van der Waals surface area contributed by atoms with E-state index in [0.717, 1.165) is 30.5 Å². The zero-order valence-electron chi connectivity index (χ0n) is 12.0. The van der Waals surface area contributed by atoms with Crippen molar-refractivity contribution in [3.05, 3.63) is 35.4 Å². The third kappa shape index (κ3) is 4.71. The maximum Gasteiger partial charge on any atom is 0.416 e. The molecule has 0 bridgehead atoms. The van der Waals surface area contributed by atoms with E-state index in [9.17, 15) is 13.2 Å². The zero-order chi connectivity index (χ0) is 15.3. The Labute approximate surface area is 123 Å². The quantitative estimate of drug-likeness (QED) is 0.892. The smallest absolute Gasteiger partial charge is 0.376 e. The Balaban J connectivity index is 1.80. The van der Waals surface area contributed by atoms with Gasteiger partial charge in [0.15, 0.2) is 0 Å². The lowest BCUT2D eigenvalue weighted by Gasteiger charge is -2.30. The molecule has 0 amide bonds. The van der Waals surface area contributed by atoms with Gasteiger partial charge < -0.3 is 10.5 Å². The van der Waals surface area contributed by atoms with Crippen LogP contribution in [0.5, 0.6) is 0 Å². The molecule has 0 saturated heterocycles. The van der Waals surface area contributed by atoms with Crippen LogP contribution in [0, 0.1) is 11.8 Å². The Morgan fingerprint density at radius 2 is 1.67 bits per heavy atom. The minimum atomic E-state index is -4.28. The molecule has 1 aromatic rings. The van der Waals surface area contributed by atoms with Crippen LogP contribution in [0.2, 0.25) is 0 Å². The third-order valence-corrected chi connectivity index (χ3v) is 4.25. The Bertz CT molecular complexity index is 430. The molecule has 118 valence electrons. The first kappa shape index (κ1) is 16.3. The van der Waals surface area contributed by atoms with Gasteiger partial charge in [-0.25, -0.2) is 0 Å². The summed E-state index contributed by atoms with van der Waals surface area (Å²) in [4.78, 5) is 0. The lowest BCUT2D eigenvalue weighted by molar-refractivity contribution is -0.137. The summed E-state index contributed by atoms with van der Waals surface area (Å²) in [5.41, 5.74) is 5.92. The number of benzene rings is 1. The molecule has 1 aromatic carbocycles. The zero-order valence-corrected chi connectivity index (χ0v) is 12.0. The van der Waals surface area contributed by atoms with E-state index in [4.69, 9.17) is 10.5 Å². The van der Waals surface area contributed by atoms with Crippen LogP contribution in [-0.2, 0) is 17.5 Å². The SMILES string of the molecule is NCC1CCCCC1COCc1ccc(C(F)(F)F)cc1. The lowest BCUT2D eigenvalue weighted by atomic mass is 9.80.